The van der Waals surface area contributed by atoms with Gasteiger partial charge in [0.05, 0.1) is 0 Å². The van der Waals surface area contributed by atoms with Crippen molar-refractivity contribution < 1.29 is 9.90 Å². The van der Waals surface area contributed by atoms with Crippen LogP contribution in [0.2, 0.25) is 0 Å². The zero-order valence-electron chi connectivity index (χ0n) is 10.4. The molecule has 0 aromatic carbocycles. The van der Waals surface area contributed by atoms with Gasteiger partial charge in [0.15, 0.2) is 0 Å². The van der Waals surface area contributed by atoms with E-state index < -0.39 is 0 Å². The van der Waals surface area contributed by atoms with E-state index in [0.29, 0.717) is 13.0 Å². The molecule has 0 aliphatic heterocycles. The number of unbranched alkanes of at least 4 members (excludes halogenated alkanes) is 6. The fourth-order valence-corrected chi connectivity index (χ4v) is 1.09. The maximum absolute atomic E-state index is 9.74. The van der Waals surface area contributed by atoms with E-state index >= 15 is 0 Å². The van der Waals surface area contributed by atoms with E-state index in [0.717, 1.165) is 44.8 Å². The largest absolute Gasteiger partial charge is 0.396 e. The van der Waals surface area contributed by atoms with Gasteiger partial charge in [-0.2, -0.15) is 0 Å². The van der Waals surface area contributed by atoms with Crippen LogP contribution in [0.1, 0.15) is 51.4 Å². The van der Waals surface area contributed by atoms with Crippen LogP contribution >= 0.6 is 0 Å². The number of allylic oxidation sites excluding steroid dienone is 2. The van der Waals surface area contributed by atoms with Gasteiger partial charge in [-0.1, -0.05) is 18.6 Å². The van der Waals surface area contributed by atoms with Crippen LogP contribution in [0.3, 0.4) is 0 Å². The summed E-state index contributed by atoms with van der Waals surface area (Å²) >= 11 is 0. The summed E-state index contributed by atoms with van der Waals surface area (Å²) in [6, 6.07) is 0. The zero-order chi connectivity index (χ0) is 12.5. The summed E-state index contributed by atoms with van der Waals surface area (Å²) in [4.78, 5) is 9.74. The summed E-state index contributed by atoms with van der Waals surface area (Å²) in [5, 5.41) is 8.34. The van der Waals surface area contributed by atoms with Crippen LogP contribution in [-0.4, -0.2) is 18.0 Å². The van der Waals surface area contributed by atoms with Gasteiger partial charge in [0, 0.05) is 13.0 Å². The van der Waals surface area contributed by atoms with Gasteiger partial charge in [0.2, 0.25) is 0 Å². The molecule has 0 aliphatic carbocycles. The summed E-state index contributed by atoms with van der Waals surface area (Å²) in [6.45, 7) is 7.50. The van der Waals surface area contributed by atoms with Crippen LogP contribution in [0.25, 0.3) is 0 Å². The Bertz CT molecular complexity index is 143. The predicted octanol–water partition coefficient (Wildman–Crippen LogP) is 3.66. The van der Waals surface area contributed by atoms with Crippen LogP contribution in [-0.2, 0) is 4.79 Å². The quantitative estimate of drug-likeness (QED) is 0.351. The van der Waals surface area contributed by atoms with Gasteiger partial charge in [0.1, 0.15) is 6.29 Å². The Morgan fingerprint density at radius 1 is 0.812 bits per heavy atom. The van der Waals surface area contributed by atoms with Crippen molar-refractivity contribution in [3.63, 3.8) is 0 Å². The summed E-state index contributed by atoms with van der Waals surface area (Å²) in [5.74, 6) is 0. The Balaban J connectivity index is 0. The second kappa shape index (κ2) is 19.6. The molecule has 2 nitrogen and oxygen atoms in total. The molecule has 0 amide bonds. The van der Waals surface area contributed by atoms with E-state index in [4.69, 9.17) is 5.11 Å². The van der Waals surface area contributed by atoms with E-state index in [-0.39, 0.29) is 0 Å². The van der Waals surface area contributed by atoms with Gasteiger partial charge < -0.3 is 9.90 Å². The third kappa shape index (κ3) is 23.2. The van der Waals surface area contributed by atoms with Crippen molar-refractivity contribution in [1.29, 1.82) is 0 Å². The first-order chi connectivity index (χ1) is 7.83. The lowest BCUT2D eigenvalue weighted by Gasteiger charge is -1.91. The summed E-state index contributed by atoms with van der Waals surface area (Å²) in [7, 11) is 0. The molecule has 0 aliphatic rings. The van der Waals surface area contributed by atoms with Gasteiger partial charge in [0.25, 0.3) is 0 Å². The summed E-state index contributed by atoms with van der Waals surface area (Å²) < 4.78 is 0. The van der Waals surface area contributed by atoms with E-state index in [9.17, 15) is 4.79 Å². The van der Waals surface area contributed by atoms with Crippen molar-refractivity contribution in [2.75, 3.05) is 6.61 Å². The molecule has 0 bridgehead atoms. The number of aldehydes is 1. The molecule has 0 saturated heterocycles. The number of aliphatic hydroxyl groups is 1. The SMILES string of the molecule is C=CCCCCC=O.C=CCCCCCO. The molecule has 0 spiro atoms. The van der Waals surface area contributed by atoms with Crippen LogP contribution in [0.15, 0.2) is 25.3 Å². The fraction of sp³-hybridized carbons (Fsp3) is 0.643. The van der Waals surface area contributed by atoms with Crippen molar-refractivity contribution in [3.8, 4) is 0 Å². The normalized spacial score (nSPS) is 8.81. The zero-order valence-corrected chi connectivity index (χ0v) is 10.4. The van der Waals surface area contributed by atoms with E-state index in [2.05, 4.69) is 13.2 Å². The van der Waals surface area contributed by atoms with Crippen molar-refractivity contribution in [1.82, 2.24) is 0 Å². The monoisotopic (exact) mass is 226 g/mol. The second-order valence-corrected chi connectivity index (χ2v) is 3.60. The average molecular weight is 226 g/mol. The Kier molecular flexibility index (Phi) is 21.5. The lowest BCUT2D eigenvalue weighted by Crippen LogP contribution is -1.80. The van der Waals surface area contributed by atoms with Gasteiger partial charge in [-0.3, -0.25) is 0 Å². The topological polar surface area (TPSA) is 37.3 Å². The Morgan fingerprint density at radius 3 is 1.75 bits per heavy atom. The lowest BCUT2D eigenvalue weighted by atomic mass is 10.2. The van der Waals surface area contributed by atoms with E-state index in [1.807, 2.05) is 12.2 Å². The minimum atomic E-state index is 0.330. The van der Waals surface area contributed by atoms with Gasteiger partial charge in [-0.05, 0) is 38.5 Å². The van der Waals surface area contributed by atoms with E-state index in [1.165, 1.54) is 6.42 Å². The maximum atomic E-state index is 9.74. The third-order valence-corrected chi connectivity index (χ3v) is 2.05. The average Bonchev–Trinajstić information content (AvgIpc) is 2.31. The number of carbonyl (C=O) groups excluding carboxylic acids is 1. The highest BCUT2D eigenvalue weighted by Gasteiger charge is 1.82. The summed E-state index contributed by atoms with van der Waals surface area (Å²) in [6.07, 6.45) is 12.9. The van der Waals surface area contributed by atoms with Crippen molar-refractivity contribution in [2.45, 2.75) is 51.4 Å². The molecule has 94 valence electrons. The second-order valence-electron chi connectivity index (χ2n) is 3.60. The highest BCUT2D eigenvalue weighted by molar-refractivity contribution is 5.48. The lowest BCUT2D eigenvalue weighted by molar-refractivity contribution is -0.107. The van der Waals surface area contributed by atoms with Crippen LogP contribution < -0.4 is 0 Å². The first-order valence-electron chi connectivity index (χ1n) is 6.09. The molecular weight excluding hydrogens is 200 g/mol. The van der Waals surface area contributed by atoms with Gasteiger partial charge in [-0.25, -0.2) is 0 Å². The van der Waals surface area contributed by atoms with Gasteiger partial charge in [-0.15, -0.1) is 13.2 Å². The fourth-order valence-electron chi connectivity index (χ4n) is 1.09. The van der Waals surface area contributed by atoms with Gasteiger partial charge >= 0.3 is 0 Å². The molecule has 0 aromatic heterocycles. The molecule has 0 aromatic rings. The highest BCUT2D eigenvalue weighted by Crippen LogP contribution is 1.98. The van der Waals surface area contributed by atoms with Crippen LogP contribution in [0.5, 0.6) is 0 Å². The Morgan fingerprint density at radius 2 is 1.31 bits per heavy atom. The minimum absolute atomic E-state index is 0.330. The number of aliphatic hydroxyl groups excluding tert-OH is 1. The molecule has 0 atom stereocenters. The standard InChI is InChI=1S/C7H14O.C7H12O/c2*1-2-3-4-5-6-7-8/h2,8H,1,3-7H2;2,7H,1,3-6H2. The number of hydrogen-bond acceptors (Lipinski definition) is 2. The highest BCUT2D eigenvalue weighted by atomic mass is 16.2. The Labute approximate surface area is 100 Å². The van der Waals surface area contributed by atoms with Crippen LogP contribution in [0.4, 0.5) is 0 Å². The molecule has 0 fully saturated rings. The maximum Gasteiger partial charge on any atom is 0.119 e. The predicted molar refractivity (Wildman–Crippen MR) is 70.5 cm³/mol. The Hall–Kier alpha value is -0.890. The van der Waals surface area contributed by atoms with Crippen molar-refractivity contribution in [3.05, 3.63) is 25.3 Å². The van der Waals surface area contributed by atoms with Crippen molar-refractivity contribution >= 4 is 6.29 Å². The molecule has 0 saturated carbocycles. The smallest absolute Gasteiger partial charge is 0.119 e. The first kappa shape index (κ1) is 17.5. The third-order valence-electron chi connectivity index (χ3n) is 2.05. The molecule has 0 unspecified atom stereocenters. The first-order valence-corrected chi connectivity index (χ1v) is 6.09. The summed E-state index contributed by atoms with van der Waals surface area (Å²) in [5.41, 5.74) is 0. The molecule has 0 radical (unpaired) electrons. The molecule has 16 heavy (non-hydrogen) atoms. The molecular formula is C14H26O2. The molecule has 0 heterocycles. The van der Waals surface area contributed by atoms with E-state index in [1.54, 1.807) is 0 Å². The number of rotatable bonds is 10. The minimum Gasteiger partial charge on any atom is -0.396 e. The van der Waals surface area contributed by atoms with Crippen molar-refractivity contribution in [2.24, 2.45) is 0 Å². The van der Waals surface area contributed by atoms with Crippen LogP contribution in [0, 0.1) is 0 Å². The molecule has 1 N–H and O–H groups in total. The molecule has 0 rings (SSSR count). The molecule has 2 heteroatoms. The number of hydrogen-bond donors (Lipinski definition) is 1. The number of carbonyl (C=O) groups is 1.